The van der Waals surface area contributed by atoms with Gasteiger partial charge in [0.2, 0.25) is 0 Å². The second-order valence-electron chi connectivity index (χ2n) is 4.96. The second kappa shape index (κ2) is 5.52. The lowest BCUT2D eigenvalue weighted by Gasteiger charge is -2.16. The molecule has 1 aliphatic heterocycles. The van der Waals surface area contributed by atoms with Crippen molar-refractivity contribution in [3.05, 3.63) is 59.2 Å². The predicted molar refractivity (Wildman–Crippen MR) is 81.3 cm³/mol. The van der Waals surface area contributed by atoms with Gasteiger partial charge in [-0.05, 0) is 42.0 Å². The van der Waals surface area contributed by atoms with Crippen LogP contribution in [0.1, 0.15) is 26.3 Å². The Bertz CT molecular complexity index is 754. The molecule has 0 N–H and O–H groups in total. The lowest BCUT2D eigenvalue weighted by molar-refractivity contribution is 0.0600. The maximum absolute atomic E-state index is 12.5. The smallest absolute Gasteiger partial charge is 0.337 e. The van der Waals surface area contributed by atoms with Crippen LogP contribution in [0.3, 0.4) is 0 Å². The van der Waals surface area contributed by atoms with E-state index in [4.69, 9.17) is 9.47 Å². The Morgan fingerprint density at radius 3 is 2.68 bits per heavy atom. The average molecular weight is 297 g/mol. The van der Waals surface area contributed by atoms with E-state index in [1.54, 1.807) is 48.4 Å². The quantitative estimate of drug-likeness (QED) is 0.817. The van der Waals surface area contributed by atoms with Gasteiger partial charge in [-0.3, -0.25) is 4.79 Å². The van der Waals surface area contributed by atoms with Crippen molar-refractivity contribution in [1.29, 1.82) is 0 Å². The molecule has 0 bridgehead atoms. The third-order valence-corrected chi connectivity index (χ3v) is 3.70. The van der Waals surface area contributed by atoms with Crippen molar-refractivity contribution in [2.45, 2.75) is 6.54 Å². The first-order valence-electron chi connectivity index (χ1n) is 6.81. The molecule has 0 fully saturated rings. The maximum Gasteiger partial charge on any atom is 0.337 e. The van der Waals surface area contributed by atoms with Gasteiger partial charge >= 0.3 is 5.97 Å². The minimum Gasteiger partial charge on any atom is -0.497 e. The molecular weight excluding hydrogens is 282 g/mol. The van der Waals surface area contributed by atoms with Gasteiger partial charge in [-0.15, -0.1) is 0 Å². The number of fused-ring (bicyclic) bond motifs is 1. The maximum atomic E-state index is 12.5. The topological polar surface area (TPSA) is 55.8 Å². The molecule has 0 aromatic heterocycles. The number of carbonyl (C=O) groups excluding carboxylic acids is 2. The number of methoxy groups -OCH3 is 2. The molecule has 1 aliphatic rings. The number of carbonyl (C=O) groups is 2. The van der Waals surface area contributed by atoms with Crippen molar-refractivity contribution >= 4 is 17.6 Å². The number of hydrogen-bond donors (Lipinski definition) is 0. The summed E-state index contributed by atoms with van der Waals surface area (Å²) in [4.78, 5) is 25.8. The SMILES string of the molecule is COC(=O)c1cccc(N2Cc3cc(OC)ccc3C2=O)c1. The van der Waals surface area contributed by atoms with Gasteiger partial charge in [0, 0.05) is 11.3 Å². The molecule has 2 aromatic rings. The summed E-state index contributed by atoms with van der Waals surface area (Å²) < 4.78 is 9.90. The van der Waals surface area contributed by atoms with Gasteiger partial charge in [0.1, 0.15) is 5.75 Å². The molecule has 0 saturated heterocycles. The number of anilines is 1. The van der Waals surface area contributed by atoms with Gasteiger partial charge in [-0.1, -0.05) is 6.07 Å². The fourth-order valence-corrected chi connectivity index (χ4v) is 2.55. The van der Waals surface area contributed by atoms with Crippen LogP contribution in [0, 0.1) is 0 Å². The van der Waals surface area contributed by atoms with Crippen molar-refractivity contribution in [2.75, 3.05) is 19.1 Å². The number of nitrogens with zero attached hydrogens (tertiary/aromatic N) is 1. The number of rotatable bonds is 3. The van der Waals surface area contributed by atoms with E-state index in [1.807, 2.05) is 6.07 Å². The Kier molecular flexibility index (Phi) is 3.55. The molecule has 1 amide bonds. The van der Waals surface area contributed by atoms with Crippen LogP contribution >= 0.6 is 0 Å². The molecule has 0 saturated carbocycles. The summed E-state index contributed by atoms with van der Waals surface area (Å²) in [5.74, 6) is 0.212. The van der Waals surface area contributed by atoms with E-state index in [1.165, 1.54) is 7.11 Å². The lowest BCUT2D eigenvalue weighted by atomic mass is 10.1. The van der Waals surface area contributed by atoms with Gasteiger partial charge in [0.15, 0.2) is 0 Å². The third kappa shape index (κ3) is 2.30. The lowest BCUT2D eigenvalue weighted by Crippen LogP contribution is -2.23. The molecule has 0 radical (unpaired) electrons. The van der Waals surface area contributed by atoms with E-state index < -0.39 is 5.97 Å². The Morgan fingerprint density at radius 2 is 1.95 bits per heavy atom. The number of amides is 1. The molecule has 0 unspecified atom stereocenters. The summed E-state index contributed by atoms with van der Waals surface area (Å²) in [6.45, 7) is 0.454. The Hall–Kier alpha value is -2.82. The van der Waals surface area contributed by atoms with E-state index in [9.17, 15) is 9.59 Å². The van der Waals surface area contributed by atoms with E-state index >= 15 is 0 Å². The number of benzene rings is 2. The van der Waals surface area contributed by atoms with Gasteiger partial charge in [0.25, 0.3) is 5.91 Å². The first kappa shape index (κ1) is 14.1. The number of hydrogen-bond acceptors (Lipinski definition) is 4. The molecule has 1 heterocycles. The standard InChI is InChI=1S/C17H15NO4/c1-21-14-6-7-15-12(9-14)10-18(16(15)19)13-5-3-4-11(8-13)17(20)22-2/h3-9H,10H2,1-2H3. The van der Waals surface area contributed by atoms with Crippen LogP contribution in [0.25, 0.3) is 0 Å². The molecule has 5 nitrogen and oxygen atoms in total. The van der Waals surface area contributed by atoms with Crippen molar-refractivity contribution in [3.63, 3.8) is 0 Å². The highest BCUT2D eigenvalue weighted by Crippen LogP contribution is 2.31. The normalized spacial score (nSPS) is 13.0. The first-order chi connectivity index (χ1) is 10.6. The molecule has 0 spiro atoms. The van der Waals surface area contributed by atoms with E-state index in [0.717, 1.165) is 11.3 Å². The molecular formula is C17H15NO4. The van der Waals surface area contributed by atoms with Gasteiger partial charge in [-0.25, -0.2) is 4.79 Å². The van der Waals surface area contributed by atoms with Crippen molar-refractivity contribution < 1.29 is 19.1 Å². The van der Waals surface area contributed by atoms with Gasteiger partial charge in [0.05, 0.1) is 26.3 Å². The fourth-order valence-electron chi connectivity index (χ4n) is 2.55. The molecule has 3 rings (SSSR count). The van der Waals surface area contributed by atoms with Crippen LogP contribution in [0.2, 0.25) is 0 Å². The highest BCUT2D eigenvalue weighted by atomic mass is 16.5. The summed E-state index contributed by atoms with van der Waals surface area (Å²) in [7, 11) is 2.92. The summed E-state index contributed by atoms with van der Waals surface area (Å²) >= 11 is 0. The zero-order valence-electron chi connectivity index (χ0n) is 12.3. The second-order valence-corrected chi connectivity index (χ2v) is 4.96. The summed E-state index contributed by atoms with van der Waals surface area (Å²) in [6, 6.07) is 12.2. The third-order valence-electron chi connectivity index (χ3n) is 3.70. The van der Waals surface area contributed by atoms with Crippen LogP contribution in [0.15, 0.2) is 42.5 Å². The number of ether oxygens (including phenoxy) is 2. The summed E-state index contributed by atoms with van der Waals surface area (Å²) in [6.07, 6.45) is 0. The summed E-state index contributed by atoms with van der Waals surface area (Å²) in [5, 5.41) is 0. The highest BCUT2D eigenvalue weighted by Gasteiger charge is 2.29. The minimum atomic E-state index is -0.423. The Balaban J connectivity index is 1.94. The molecule has 22 heavy (non-hydrogen) atoms. The van der Waals surface area contributed by atoms with Crippen LogP contribution in [-0.2, 0) is 11.3 Å². The van der Waals surface area contributed by atoms with Gasteiger partial charge < -0.3 is 14.4 Å². The van der Waals surface area contributed by atoms with Crippen LogP contribution < -0.4 is 9.64 Å². The molecule has 112 valence electrons. The summed E-state index contributed by atoms with van der Waals surface area (Å²) in [5.41, 5.74) is 2.65. The van der Waals surface area contributed by atoms with Crippen molar-refractivity contribution in [1.82, 2.24) is 0 Å². The fraction of sp³-hybridized carbons (Fsp3) is 0.176. The molecule has 0 aliphatic carbocycles. The van der Waals surface area contributed by atoms with Crippen LogP contribution in [-0.4, -0.2) is 26.1 Å². The van der Waals surface area contributed by atoms with Crippen molar-refractivity contribution in [3.8, 4) is 5.75 Å². The van der Waals surface area contributed by atoms with E-state index in [0.29, 0.717) is 23.4 Å². The molecule has 2 aromatic carbocycles. The number of esters is 1. The van der Waals surface area contributed by atoms with E-state index in [2.05, 4.69) is 0 Å². The Labute approximate surface area is 128 Å². The molecule has 0 atom stereocenters. The monoisotopic (exact) mass is 297 g/mol. The minimum absolute atomic E-state index is 0.0836. The zero-order chi connectivity index (χ0) is 15.7. The van der Waals surface area contributed by atoms with Crippen LogP contribution in [0.4, 0.5) is 5.69 Å². The zero-order valence-corrected chi connectivity index (χ0v) is 12.3. The van der Waals surface area contributed by atoms with E-state index in [-0.39, 0.29) is 5.91 Å². The first-order valence-corrected chi connectivity index (χ1v) is 6.81. The van der Waals surface area contributed by atoms with Crippen LogP contribution in [0.5, 0.6) is 5.75 Å². The molecule has 5 heteroatoms. The van der Waals surface area contributed by atoms with Gasteiger partial charge in [-0.2, -0.15) is 0 Å². The van der Waals surface area contributed by atoms with Crippen molar-refractivity contribution in [2.24, 2.45) is 0 Å². The predicted octanol–water partition coefficient (Wildman–Crippen LogP) is 2.64. The average Bonchev–Trinajstić information content (AvgIpc) is 2.90. The Morgan fingerprint density at radius 1 is 1.14 bits per heavy atom. The highest BCUT2D eigenvalue weighted by molar-refractivity contribution is 6.10. The largest absolute Gasteiger partial charge is 0.497 e.